The molecule has 1 unspecified atom stereocenters. The summed E-state index contributed by atoms with van der Waals surface area (Å²) in [5.74, 6) is -0.573. The van der Waals surface area contributed by atoms with E-state index in [4.69, 9.17) is 11.6 Å². The molecule has 0 N–H and O–H groups in total. The Morgan fingerprint density at radius 2 is 1.90 bits per heavy atom. The molecule has 0 aliphatic carbocycles. The van der Waals surface area contributed by atoms with Crippen LogP contribution in [0.3, 0.4) is 0 Å². The van der Waals surface area contributed by atoms with Crippen LogP contribution >= 0.6 is 23.4 Å². The monoisotopic (exact) mass is 445 g/mol. The minimum atomic E-state index is -4.42. The van der Waals surface area contributed by atoms with Crippen molar-refractivity contribution in [2.75, 3.05) is 17.7 Å². The van der Waals surface area contributed by atoms with Gasteiger partial charge in [-0.1, -0.05) is 23.4 Å². The van der Waals surface area contributed by atoms with Gasteiger partial charge in [-0.05, 0) is 42.5 Å². The number of rotatable bonds is 3. The molecule has 3 rings (SSSR count). The molecule has 0 bridgehead atoms. The maximum Gasteiger partial charge on any atom is 0.416 e. The van der Waals surface area contributed by atoms with Crippen LogP contribution in [-0.4, -0.2) is 34.9 Å². The lowest BCUT2D eigenvalue weighted by Gasteiger charge is -2.33. The first-order valence-electron chi connectivity index (χ1n) is 8.44. The number of benzene rings is 2. The number of hydrogen-bond acceptors (Lipinski definition) is 3. The van der Waals surface area contributed by atoms with Crippen LogP contribution in [-0.2, 0) is 11.0 Å². The molecule has 154 valence electrons. The third-order valence-corrected chi connectivity index (χ3v) is 5.67. The predicted molar refractivity (Wildman–Crippen MR) is 107 cm³/mol. The van der Waals surface area contributed by atoms with Crippen molar-refractivity contribution in [3.8, 4) is 0 Å². The van der Waals surface area contributed by atoms with Gasteiger partial charge in [0, 0.05) is 24.7 Å². The lowest BCUT2D eigenvalue weighted by Crippen LogP contribution is -2.48. The molecule has 0 saturated carbocycles. The van der Waals surface area contributed by atoms with Gasteiger partial charge in [0.05, 0.1) is 16.9 Å². The molecule has 1 heterocycles. The fourth-order valence-electron chi connectivity index (χ4n) is 2.90. The Morgan fingerprint density at radius 1 is 1.24 bits per heavy atom. The Balaban J connectivity index is 1.86. The van der Waals surface area contributed by atoms with E-state index in [0.29, 0.717) is 16.6 Å². The highest BCUT2D eigenvalue weighted by Gasteiger charge is 2.36. The minimum Gasteiger partial charge on any atom is -0.333 e. The van der Waals surface area contributed by atoms with Crippen molar-refractivity contribution in [2.24, 2.45) is 4.99 Å². The Labute approximate surface area is 174 Å². The molecule has 0 spiro atoms. The first kappa shape index (κ1) is 21.4. The summed E-state index contributed by atoms with van der Waals surface area (Å²) in [5, 5.41) is 0.726. The lowest BCUT2D eigenvalue weighted by atomic mass is 10.2. The van der Waals surface area contributed by atoms with Gasteiger partial charge in [-0.25, -0.2) is 9.38 Å². The van der Waals surface area contributed by atoms with E-state index in [9.17, 15) is 22.4 Å². The molecule has 2 aromatic carbocycles. The summed E-state index contributed by atoms with van der Waals surface area (Å²) in [6.07, 6.45) is -4.93. The average Bonchev–Trinajstić information content (AvgIpc) is 2.97. The topological polar surface area (TPSA) is 35.9 Å². The number of halogens is 5. The van der Waals surface area contributed by atoms with Gasteiger partial charge < -0.3 is 4.90 Å². The van der Waals surface area contributed by atoms with Gasteiger partial charge in [-0.15, -0.1) is 0 Å². The maximum atomic E-state index is 14.4. The second kappa shape index (κ2) is 8.23. The van der Waals surface area contributed by atoms with Crippen molar-refractivity contribution in [3.05, 3.63) is 58.9 Å². The molecule has 1 atom stereocenters. The first-order valence-corrected chi connectivity index (χ1v) is 9.80. The summed E-state index contributed by atoms with van der Waals surface area (Å²) in [5.41, 5.74) is -0.317. The zero-order valence-electron chi connectivity index (χ0n) is 15.4. The number of nitrogens with zero attached hydrogens (tertiary/aromatic N) is 3. The quantitative estimate of drug-likeness (QED) is 0.582. The smallest absolute Gasteiger partial charge is 0.333 e. The molecular formula is C19H16ClF4N3OS. The molecule has 10 heteroatoms. The van der Waals surface area contributed by atoms with E-state index in [2.05, 4.69) is 4.99 Å². The van der Waals surface area contributed by atoms with Crippen molar-refractivity contribution in [3.63, 3.8) is 0 Å². The van der Waals surface area contributed by atoms with Gasteiger partial charge in [-0.3, -0.25) is 9.69 Å². The number of carbonyl (C=O) groups is 1. The van der Waals surface area contributed by atoms with Crippen LogP contribution in [0.25, 0.3) is 0 Å². The lowest BCUT2D eigenvalue weighted by molar-refractivity contribution is -0.137. The third-order valence-electron chi connectivity index (χ3n) is 4.34. The molecule has 0 radical (unpaired) electrons. The van der Waals surface area contributed by atoms with Crippen LogP contribution in [0.1, 0.15) is 12.5 Å². The van der Waals surface area contributed by atoms with Crippen LogP contribution in [0.15, 0.2) is 47.5 Å². The highest BCUT2D eigenvalue weighted by atomic mass is 35.5. The Bertz CT molecular complexity index is 949. The highest BCUT2D eigenvalue weighted by molar-refractivity contribution is 8.14. The van der Waals surface area contributed by atoms with E-state index in [0.717, 1.165) is 18.2 Å². The van der Waals surface area contributed by atoms with Crippen LogP contribution in [0.4, 0.5) is 28.9 Å². The largest absolute Gasteiger partial charge is 0.416 e. The second-order valence-electron chi connectivity index (χ2n) is 6.33. The van der Waals surface area contributed by atoms with Crippen LogP contribution in [0.2, 0.25) is 5.02 Å². The number of anilines is 1. The average molecular weight is 446 g/mol. The van der Waals surface area contributed by atoms with E-state index in [1.807, 2.05) is 0 Å². The number of amidine groups is 1. The number of hydrogen-bond donors (Lipinski definition) is 0. The van der Waals surface area contributed by atoms with Gasteiger partial charge in [0.2, 0.25) is 5.91 Å². The minimum absolute atomic E-state index is 0.0927. The molecular weight excluding hydrogens is 430 g/mol. The van der Waals surface area contributed by atoms with Gasteiger partial charge >= 0.3 is 6.18 Å². The fraction of sp³-hybridized carbons (Fsp3) is 0.263. The number of aliphatic imine (C=N–C) groups is 1. The third kappa shape index (κ3) is 4.67. The van der Waals surface area contributed by atoms with Crippen LogP contribution < -0.4 is 4.90 Å². The Morgan fingerprint density at radius 3 is 2.45 bits per heavy atom. The first-order chi connectivity index (χ1) is 13.6. The Kier molecular flexibility index (Phi) is 6.09. The van der Waals surface area contributed by atoms with Crippen molar-refractivity contribution >= 4 is 45.8 Å². The molecule has 1 amide bonds. The molecule has 1 saturated heterocycles. The molecule has 1 aliphatic heterocycles. The van der Waals surface area contributed by atoms with Gasteiger partial charge in [0.25, 0.3) is 0 Å². The van der Waals surface area contributed by atoms with Crippen molar-refractivity contribution in [2.45, 2.75) is 19.3 Å². The van der Waals surface area contributed by atoms with Crippen LogP contribution in [0, 0.1) is 5.82 Å². The normalized spacial score (nSPS) is 18.4. The molecule has 29 heavy (non-hydrogen) atoms. The highest BCUT2D eigenvalue weighted by Crippen LogP contribution is 2.34. The summed E-state index contributed by atoms with van der Waals surface area (Å²) in [4.78, 5) is 19.6. The summed E-state index contributed by atoms with van der Waals surface area (Å²) < 4.78 is 52.5. The molecule has 0 aromatic heterocycles. The molecule has 2 aromatic rings. The standard InChI is InChI=1S/C19H16ClF4N3OS/c1-11(28)27(16-8-5-13(20)9-15(16)21)17-10-29-18(26(17)2)25-14-6-3-12(4-7-14)19(22,23)24/h3-9,17H,10H2,1-2H3. The number of carbonyl (C=O) groups excluding carboxylic acids is 1. The molecule has 4 nitrogen and oxygen atoms in total. The van der Waals surface area contributed by atoms with E-state index >= 15 is 0 Å². The summed E-state index contributed by atoms with van der Waals surface area (Å²) in [6, 6.07) is 8.53. The van der Waals surface area contributed by atoms with Gasteiger partial charge in [-0.2, -0.15) is 13.2 Å². The summed E-state index contributed by atoms with van der Waals surface area (Å²) in [6.45, 7) is 1.33. The van der Waals surface area contributed by atoms with E-state index in [1.165, 1.54) is 47.9 Å². The predicted octanol–water partition coefficient (Wildman–Crippen LogP) is 5.54. The van der Waals surface area contributed by atoms with Crippen molar-refractivity contribution in [1.82, 2.24) is 4.90 Å². The number of amides is 1. The van der Waals surface area contributed by atoms with Gasteiger partial charge in [0.15, 0.2) is 5.17 Å². The Hall–Kier alpha value is -2.26. The van der Waals surface area contributed by atoms with Crippen LogP contribution in [0.5, 0.6) is 0 Å². The van der Waals surface area contributed by atoms with Gasteiger partial charge in [0.1, 0.15) is 12.0 Å². The number of thioether (sulfide) groups is 1. The zero-order valence-corrected chi connectivity index (χ0v) is 16.9. The summed E-state index contributed by atoms with van der Waals surface area (Å²) >= 11 is 7.12. The van der Waals surface area contributed by atoms with Crippen molar-refractivity contribution < 1.29 is 22.4 Å². The fourth-order valence-corrected chi connectivity index (χ4v) is 4.23. The molecule has 1 fully saturated rings. The van der Waals surface area contributed by atoms with E-state index in [1.54, 1.807) is 11.9 Å². The number of alkyl halides is 3. The van der Waals surface area contributed by atoms with Crippen molar-refractivity contribution in [1.29, 1.82) is 0 Å². The van der Waals surface area contributed by atoms with E-state index < -0.39 is 23.7 Å². The maximum absolute atomic E-state index is 14.4. The molecule has 1 aliphatic rings. The van der Waals surface area contributed by atoms with E-state index in [-0.39, 0.29) is 16.6 Å². The zero-order chi connectivity index (χ0) is 21.3. The summed E-state index contributed by atoms with van der Waals surface area (Å²) in [7, 11) is 1.69. The second-order valence-corrected chi connectivity index (χ2v) is 7.75. The SMILES string of the molecule is CC(=O)N(c1ccc(Cl)cc1F)C1CSC(=Nc2ccc(C(F)(F)F)cc2)N1C.